The summed E-state index contributed by atoms with van der Waals surface area (Å²) in [5.41, 5.74) is 0. The molecule has 0 aromatic rings. The SMILES string of the molecule is CCCC(CCC)C(=O)NC(=O)C[C@H](CC(=O)O)CC(C)C. The van der Waals surface area contributed by atoms with E-state index in [0.29, 0.717) is 12.3 Å². The van der Waals surface area contributed by atoms with Gasteiger partial charge in [0.15, 0.2) is 0 Å². The number of carboxylic acid groups (broad SMARTS) is 1. The largest absolute Gasteiger partial charge is 0.481 e. The van der Waals surface area contributed by atoms with Crippen LogP contribution in [-0.4, -0.2) is 22.9 Å². The molecule has 5 nitrogen and oxygen atoms in total. The normalized spacial score (nSPS) is 12.5. The van der Waals surface area contributed by atoms with E-state index < -0.39 is 5.97 Å². The molecule has 0 aliphatic heterocycles. The van der Waals surface area contributed by atoms with Gasteiger partial charge in [0.25, 0.3) is 0 Å². The number of imide groups is 1. The molecule has 0 aliphatic carbocycles. The lowest BCUT2D eigenvalue weighted by Crippen LogP contribution is -2.37. The van der Waals surface area contributed by atoms with Crippen molar-refractivity contribution in [3.63, 3.8) is 0 Å². The van der Waals surface area contributed by atoms with Crippen molar-refractivity contribution in [1.82, 2.24) is 5.32 Å². The maximum Gasteiger partial charge on any atom is 0.303 e. The Morgan fingerprint density at radius 2 is 1.55 bits per heavy atom. The molecule has 0 aromatic carbocycles. The third-order valence-corrected chi connectivity index (χ3v) is 3.65. The van der Waals surface area contributed by atoms with Crippen molar-refractivity contribution < 1.29 is 19.5 Å². The van der Waals surface area contributed by atoms with E-state index in [4.69, 9.17) is 5.11 Å². The van der Waals surface area contributed by atoms with Gasteiger partial charge in [0.2, 0.25) is 11.8 Å². The molecule has 0 bridgehead atoms. The van der Waals surface area contributed by atoms with Crippen LogP contribution in [0, 0.1) is 17.8 Å². The van der Waals surface area contributed by atoms with Crippen molar-refractivity contribution in [2.75, 3.05) is 0 Å². The topological polar surface area (TPSA) is 83.5 Å². The highest BCUT2D eigenvalue weighted by molar-refractivity contribution is 5.96. The van der Waals surface area contributed by atoms with Crippen molar-refractivity contribution >= 4 is 17.8 Å². The summed E-state index contributed by atoms with van der Waals surface area (Å²) in [5.74, 6) is -1.50. The van der Waals surface area contributed by atoms with E-state index in [1.807, 2.05) is 27.7 Å². The van der Waals surface area contributed by atoms with Crippen molar-refractivity contribution in [3.05, 3.63) is 0 Å². The monoisotopic (exact) mass is 313 g/mol. The smallest absolute Gasteiger partial charge is 0.303 e. The fourth-order valence-corrected chi connectivity index (χ4v) is 2.81. The molecule has 0 saturated heterocycles. The highest BCUT2D eigenvalue weighted by Crippen LogP contribution is 2.20. The number of carboxylic acids is 1. The Kier molecular flexibility index (Phi) is 10.5. The van der Waals surface area contributed by atoms with Crippen LogP contribution in [0.4, 0.5) is 0 Å². The number of carbonyl (C=O) groups excluding carboxylic acids is 2. The Balaban J connectivity index is 4.53. The van der Waals surface area contributed by atoms with Crippen LogP contribution in [-0.2, 0) is 14.4 Å². The standard InChI is InChI=1S/C17H31NO4/c1-5-7-14(8-6-2)17(22)18-15(19)10-13(9-12(3)4)11-16(20)21/h12-14H,5-11H2,1-4H3,(H,20,21)(H,18,19,22)/t13-/m1/s1. The van der Waals surface area contributed by atoms with Crippen molar-refractivity contribution in [2.24, 2.45) is 17.8 Å². The number of amides is 2. The quantitative estimate of drug-likeness (QED) is 0.612. The van der Waals surface area contributed by atoms with E-state index in [1.165, 1.54) is 0 Å². The van der Waals surface area contributed by atoms with Crippen molar-refractivity contribution in [1.29, 1.82) is 0 Å². The molecule has 128 valence electrons. The van der Waals surface area contributed by atoms with E-state index in [0.717, 1.165) is 25.7 Å². The molecule has 0 fully saturated rings. The maximum atomic E-state index is 12.1. The number of hydrogen-bond acceptors (Lipinski definition) is 3. The van der Waals surface area contributed by atoms with E-state index in [2.05, 4.69) is 5.32 Å². The molecule has 0 radical (unpaired) electrons. The first-order valence-electron chi connectivity index (χ1n) is 8.35. The number of nitrogens with one attached hydrogen (secondary N) is 1. The lowest BCUT2D eigenvalue weighted by Gasteiger charge is -2.18. The Hall–Kier alpha value is -1.39. The zero-order valence-electron chi connectivity index (χ0n) is 14.4. The van der Waals surface area contributed by atoms with Crippen LogP contribution >= 0.6 is 0 Å². The summed E-state index contributed by atoms with van der Waals surface area (Å²) >= 11 is 0. The van der Waals surface area contributed by atoms with Crippen LogP contribution < -0.4 is 5.32 Å². The first kappa shape index (κ1) is 20.6. The Bertz CT molecular complexity index is 360. The highest BCUT2D eigenvalue weighted by Gasteiger charge is 2.22. The number of hydrogen-bond donors (Lipinski definition) is 2. The lowest BCUT2D eigenvalue weighted by atomic mass is 9.91. The van der Waals surface area contributed by atoms with Crippen molar-refractivity contribution in [3.8, 4) is 0 Å². The van der Waals surface area contributed by atoms with Crippen LogP contribution in [0.2, 0.25) is 0 Å². The molecule has 2 N–H and O–H groups in total. The van der Waals surface area contributed by atoms with Crippen LogP contribution in [0.3, 0.4) is 0 Å². The Morgan fingerprint density at radius 3 is 1.95 bits per heavy atom. The second-order valence-corrected chi connectivity index (χ2v) is 6.48. The second kappa shape index (κ2) is 11.2. The number of aliphatic carboxylic acids is 1. The minimum absolute atomic E-state index is 0.0346. The van der Waals surface area contributed by atoms with E-state index in [9.17, 15) is 14.4 Å². The molecule has 5 heteroatoms. The first-order valence-corrected chi connectivity index (χ1v) is 8.35. The van der Waals surface area contributed by atoms with Crippen LogP contribution in [0.1, 0.15) is 72.6 Å². The van der Waals surface area contributed by atoms with Crippen LogP contribution in [0.5, 0.6) is 0 Å². The zero-order valence-corrected chi connectivity index (χ0v) is 14.4. The summed E-state index contributed by atoms with van der Waals surface area (Å²) in [6.45, 7) is 8.03. The molecule has 0 heterocycles. The molecule has 0 aromatic heterocycles. The summed E-state index contributed by atoms with van der Waals surface area (Å²) in [6.07, 6.45) is 4.09. The summed E-state index contributed by atoms with van der Waals surface area (Å²) < 4.78 is 0. The average molecular weight is 313 g/mol. The summed E-state index contributed by atoms with van der Waals surface area (Å²) in [6, 6.07) is 0. The Morgan fingerprint density at radius 1 is 1.00 bits per heavy atom. The van der Waals surface area contributed by atoms with Gasteiger partial charge in [-0.05, 0) is 31.1 Å². The summed E-state index contributed by atoms with van der Waals surface area (Å²) in [5, 5.41) is 11.4. The van der Waals surface area contributed by atoms with Crippen LogP contribution in [0.25, 0.3) is 0 Å². The molecule has 0 saturated carbocycles. The van der Waals surface area contributed by atoms with Gasteiger partial charge in [0.05, 0.1) is 0 Å². The molecular formula is C17H31NO4. The van der Waals surface area contributed by atoms with Gasteiger partial charge < -0.3 is 5.11 Å². The molecule has 0 aliphatic rings. The lowest BCUT2D eigenvalue weighted by molar-refractivity contribution is -0.138. The molecular weight excluding hydrogens is 282 g/mol. The fourth-order valence-electron chi connectivity index (χ4n) is 2.81. The maximum absolute atomic E-state index is 12.1. The second-order valence-electron chi connectivity index (χ2n) is 6.48. The van der Waals surface area contributed by atoms with Gasteiger partial charge in [-0.15, -0.1) is 0 Å². The van der Waals surface area contributed by atoms with Gasteiger partial charge >= 0.3 is 5.97 Å². The third kappa shape index (κ3) is 9.53. The van der Waals surface area contributed by atoms with Crippen molar-refractivity contribution in [2.45, 2.75) is 72.6 Å². The average Bonchev–Trinajstić information content (AvgIpc) is 2.36. The van der Waals surface area contributed by atoms with E-state index in [-0.39, 0.29) is 36.5 Å². The minimum atomic E-state index is -0.903. The summed E-state index contributed by atoms with van der Waals surface area (Å²) in [4.78, 5) is 35.0. The number of rotatable bonds is 11. The van der Waals surface area contributed by atoms with Gasteiger partial charge in [-0.1, -0.05) is 40.5 Å². The first-order chi connectivity index (χ1) is 10.3. The van der Waals surface area contributed by atoms with Gasteiger partial charge in [-0.2, -0.15) is 0 Å². The third-order valence-electron chi connectivity index (χ3n) is 3.65. The van der Waals surface area contributed by atoms with E-state index in [1.54, 1.807) is 0 Å². The molecule has 1 atom stereocenters. The minimum Gasteiger partial charge on any atom is -0.481 e. The number of carbonyl (C=O) groups is 3. The van der Waals surface area contributed by atoms with E-state index >= 15 is 0 Å². The molecule has 0 unspecified atom stereocenters. The van der Waals surface area contributed by atoms with Gasteiger partial charge in [0.1, 0.15) is 0 Å². The zero-order chi connectivity index (χ0) is 17.1. The predicted octanol–water partition coefficient (Wildman–Crippen LogP) is 3.37. The van der Waals surface area contributed by atoms with Crippen LogP contribution in [0.15, 0.2) is 0 Å². The van der Waals surface area contributed by atoms with Gasteiger partial charge in [0, 0.05) is 18.8 Å². The van der Waals surface area contributed by atoms with Gasteiger partial charge in [-0.3, -0.25) is 19.7 Å². The fraction of sp³-hybridized carbons (Fsp3) is 0.824. The molecule has 0 rings (SSSR count). The predicted molar refractivity (Wildman–Crippen MR) is 86.3 cm³/mol. The Labute approximate surface area is 133 Å². The molecule has 22 heavy (non-hydrogen) atoms. The molecule has 0 spiro atoms. The summed E-state index contributed by atoms with van der Waals surface area (Å²) in [7, 11) is 0. The highest BCUT2D eigenvalue weighted by atomic mass is 16.4. The van der Waals surface area contributed by atoms with Gasteiger partial charge in [-0.25, -0.2) is 0 Å². The molecule has 2 amide bonds.